The molecule has 33 heavy (non-hydrogen) atoms. The van der Waals surface area contributed by atoms with Gasteiger partial charge in [0.05, 0.1) is 17.0 Å². The number of pyridine rings is 1. The lowest BCUT2D eigenvalue weighted by Crippen LogP contribution is -2.18. The first kappa shape index (κ1) is 23.0. The van der Waals surface area contributed by atoms with E-state index in [2.05, 4.69) is 36.4 Å². The molecule has 0 aliphatic rings. The van der Waals surface area contributed by atoms with Gasteiger partial charge in [-0.1, -0.05) is 39.8 Å². The van der Waals surface area contributed by atoms with Crippen LogP contribution in [-0.4, -0.2) is 31.4 Å². The van der Waals surface area contributed by atoms with Crippen LogP contribution in [-0.2, 0) is 11.0 Å². The van der Waals surface area contributed by atoms with Crippen LogP contribution in [0.5, 0.6) is 0 Å². The number of para-hydroxylation sites is 1. The molecular weight excluding hydrogens is 519 g/mol. The number of benzene rings is 2. The van der Waals surface area contributed by atoms with Crippen LogP contribution < -0.4 is 5.32 Å². The molecule has 0 unspecified atom stereocenters. The summed E-state index contributed by atoms with van der Waals surface area (Å²) in [7, 11) is 0. The first-order chi connectivity index (χ1) is 15.8. The van der Waals surface area contributed by atoms with Crippen LogP contribution in [0.15, 0.2) is 82.7 Å². The van der Waals surface area contributed by atoms with Gasteiger partial charge in [-0.15, -0.1) is 10.2 Å². The van der Waals surface area contributed by atoms with Gasteiger partial charge in [0.25, 0.3) is 0 Å². The van der Waals surface area contributed by atoms with Crippen LogP contribution in [0.25, 0.3) is 17.1 Å². The molecule has 168 valence electrons. The zero-order chi connectivity index (χ0) is 23.4. The Labute approximate surface area is 199 Å². The van der Waals surface area contributed by atoms with Crippen LogP contribution in [0.3, 0.4) is 0 Å². The number of carbonyl (C=O) groups is 1. The van der Waals surface area contributed by atoms with Gasteiger partial charge in [0, 0.05) is 28.1 Å². The number of carbonyl (C=O) groups excluding carboxylic acids is 1. The van der Waals surface area contributed by atoms with Gasteiger partial charge in [0.1, 0.15) is 0 Å². The van der Waals surface area contributed by atoms with Crippen molar-refractivity contribution in [2.75, 3.05) is 11.1 Å². The maximum absolute atomic E-state index is 13.2. The van der Waals surface area contributed by atoms with Crippen molar-refractivity contribution in [3.8, 4) is 17.1 Å². The van der Waals surface area contributed by atoms with Crippen molar-refractivity contribution >= 4 is 39.3 Å². The van der Waals surface area contributed by atoms with E-state index in [1.54, 1.807) is 29.1 Å². The Morgan fingerprint density at radius 2 is 1.70 bits per heavy atom. The molecule has 4 rings (SSSR count). The molecule has 1 amide bonds. The Morgan fingerprint density at radius 1 is 1.00 bits per heavy atom. The Kier molecular flexibility index (Phi) is 6.80. The fourth-order valence-electron chi connectivity index (χ4n) is 3.03. The number of hydrogen-bond acceptors (Lipinski definition) is 5. The highest BCUT2D eigenvalue weighted by molar-refractivity contribution is 9.10. The SMILES string of the molecule is O=C(CSc1nnc(-c2ccncc2)n1-c1ccc(Br)cc1)Nc1ccccc1C(F)(F)F. The summed E-state index contributed by atoms with van der Waals surface area (Å²) in [6.45, 7) is 0. The number of aromatic nitrogens is 4. The average Bonchev–Trinajstić information content (AvgIpc) is 3.22. The van der Waals surface area contributed by atoms with Crippen molar-refractivity contribution in [2.45, 2.75) is 11.3 Å². The summed E-state index contributed by atoms with van der Waals surface area (Å²) < 4.78 is 42.3. The zero-order valence-electron chi connectivity index (χ0n) is 16.8. The molecule has 11 heteroatoms. The Hall–Kier alpha value is -3.18. The number of thioether (sulfide) groups is 1. The van der Waals surface area contributed by atoms with Gasteiger partial charge in [-0.25, -0.2) is 0 Å². The summed E-state index contributed by atoms with van der Waals surface area (Å²) in [5.74, 6) is -0.199. The van der Waals surface area contributed by atoms with E-state index < -0.39 is 17.6 Å². The number of halogens is 4. The normalized spacial score (nSPS) is 11.4. The number of alkyl halides is 3. The van der Waals surface area contributed by atoms with Crippen molar-refractivity contribution in [3.63, 3.8) is 0 Å². The smallest absolute Gasteiger partial charge is 0.325 e. The number of hydrogen-bond donors (Lipinski definition) is 1. The topological polar surface area (TPSA) is 72.7 Å². The molecule has 1 N–H and O–H groups in total. The Morgan fingerprint density at radius 3 is 2.39 bits per heavy atom. The monoisotopic (exact) mass is 533 g/mol. The third-order valence-corrected chi connectivity index (χ3v) is 5.95. The maximum Gasteiger partial charge on any atom is 0.418 e. The van der Waals surface area contributed by atoms with Gasteiger partial charge >= 0.3 is 6.18 Å². The van der Waals surface area contributed by atoms with Gasteiger partial charge < -0.3 is 5.32 Å². The standard InChI is InChI=1S/C22H15BrF3N5OS/c23-15-5-7-16(8-6-15)31-20(14-9-11-27-12-10-14)29-30-21(31)33-13-19(32)28-18-4-2-1-3-17(18)22(24,25)26/h1-12H,13H2,(H,28,32). The van der Waals surface area contributed by atoms with Gasteiger partial charge in [-0.05, 0) is 48.5 Å². The third kappa shape index (κ3) is 5.42. The molecular formula is C22H15BrF3N5OS. The molecule has 0 bridgehead atoms. The number of amides is 1. The van der Waals surface area contributed by atoms with E-state index in [4.69, 9.17) is 0 Å². The molecule has 0 aliphatic carbocycles. The van der Waals surface area contributed by atoms with Crippen LogP contribution in [0.2, 0.25) is 0 Å². The number of anilines is 1. The molecule has 2 heterocycles. The largest absolute Gasteiger partial charge is 0.418 e. The lowest BCUT2D eigenvalue weighted by atomic mass is 10.1. The molecule has 0 aliphatic heterocycles. The summed E-state index contributed by atoms with van der Waals surface area (Å²) in [5, 5.41) is 11.2. The molecule has 2 aromatic carbocycles. The summed E-state index contributed by atoms with van der Waals surface area (Å²) in [5.41, 5.74) is 0.347. The second kappa shape index (κ2) is 9.75. The lowest BCUT2D eigenvalue weighted by molar-refractivity contribution is -0.137. The molecule has 6 nitrogen and oxygen atoms in total. The fraction of sp³-hybridized carbons (Fsp3) is 0.0909. The average molecular weight is 534 g/mol. The highest BCUT2D eigenvalue weighted by Gasteiger charge is 2.33. The van der Waals surface area contributed by atoms with Gasteiger partial charge in [-0.2, -0.15) is 13.2 Å². The van der Waals surface area contributed by atoms with Crippen LogP contribution >= 0.6 is 27.7 Å². The molecule has 0 radical (unpaired) electrons. The van der Waals surface area contributed by atoms with Gasteiger partial charge in [0.15, 0.2) is 11.0 Å². The minimum atomic E-state index is -4.57. The molecule has 0 atom stereocenters. The molecule has 0 spiro atoms. The zero-order valence-corrected chi connectivity index (χ0v) is 19.2. The van der Waals surface area contributed by atoms with E-state index in [9.17, 15) is 18.0 Å². The minimum absolute atomic E-state index is 0.156. The van der Waals surface area contributed by atoms with E-state index >= 15 is 0 Å². The van der Waals surface area contributed by atoms with Gasteiger partial charge in [0.2, 0.25) is 5.91 Å². The molecule has 0 saturated heterocycles. The predicted octanol–water partition coefficient (Wildman–Crippen LogP) is 5.84. The molecule has 4 aromatic rings. The van der Waals surface area contributed by atoms with Crippen molar-refractivity contribution in [2.24, 2.45) is 0 Å². The molecule has 0 saturated carbocycles. The maximum atomic E-state index is 13.2. The van der Waals surface area contributed by atoms with E-state index in [-0.39, 0.29) is 11.4 Å². The first-order valence-corrected chi connectivity index (χ1v) is 11.3. The van der Waals surface area contributed by atoms with Crippen LogP contribution in [0.1, 0.15) is 5.56 Å². The van der Waals surface area contributed by atoms with Crippen molar-refractivity contribution in [3.05, 3.63) is 83.1 Å². The van der Waals surface area contributed by atoms with E-state index in [1.165, 1.54) is 18.2 Å². The first-order valence-electron chi connectivity index (χ1n) is 9.53. The Bertz CT molecular complexity index is 1260. The summed E-state index contributed by atoms with van der Waals surface area (Å²) in [6.07, 6.45) is -1.30. The van der Waals surface area contributed by atoms with Crippen molar-refractivity contribution in [1.82, 2.24) is 19.7 Å². The number of nitrogens with one attached hydrogen (secondary N) is 1. The van der Waals surface area contributed by atoms with Crippen molar-refractivity contribution in [1.29, 1.82) is 0 Å². The molecule has 2 aromatic heterocycles. The third-order valence-electron chi connectivity index (χ3n) is 4.50. The second-order valence-corrected chi connectivity index (χ2v) is 8.59. The van der Waals surface area contributed by atoms with E-state index in [0.29, 0.717) is 11.0 Å². The quantitative estimate of drug-likeness (QED) is 0.315. The van der Waals surface area contributed by atoms with E-state index in [0.717, 1.165) is 33.6 Å². The summed E-state index contributed by atoms with van der Waals surface area (Å²) in [6, 6.07) is 15.9. The number of nitrogens with zero attached hydrogens (tertiary/aromatic N) is 4. The highest BCUT2D eigenvalue weighted by atomic mass is 79.9. The second-order valence-electron chi connectivity index (χ2n) is 6.73. The fourth-order valence-corrected chi connectivity index (χ4v) is 4.05. The summed E-state index contributed by atoms with van der Waals surface area (Å²) >= 11 is 4.48. The van der Waals surface area contributed by atoms with Crippen LogP contribution in [0, 0.1) is 0 Å². The minimum Gasteiger partial charge on any atom is -0.325 e. The van der Waals surface area contributed by atoms with E-state index in [1.807, 2.05) is 24.3 Å². The highest BCUT2D eigenvalue weighted by Crippen LogP contribution is 2.35. The van der Waals surface area contributed by atoms with Crippen LogP contribution in [0.4, 0.5) is 18.9 Å². The van der Waals surface area contributed by atoms with Gasteiger partial charge in [-0.3, -0.25) is 14.3 Å². The predicted molar refractivity (Wildman–Crippen MR) is 123 cm³/mol. The number of rotatable bonds is 6. The summed E-state index contributed by atoms with van der Waals surface area (Å²) in [4.78, 5) is 16.5. The molecule has 0 fully saturated rings. The van der Waals surface area contributed by atoms with Crippen molar-refractivity contribution < 1.29 is 18.0 Å². The lowest BCUT2D eigenvalue weighted by Gasteiger charge is -2.13. The Balaban J connectivity index is 1.58.